The van der Waals surface area contributed by atoms with Gasteiger partial charge in [-0.25, -0.2) is 0 Å². The zero-order valence-corrected chi connectivity index (χ0v) is 11.0. The molecule has 0 atom stereocenters. The number of anilines is 1. The quantitative estimate of drug-likeness (QED) is 0.675. The van der Waals surface area contributed by atoms with Gasteiger partial charge in [-0.15, -0.1) is 0 Å². The van der Waals surface area contributed by atoms with Crippen LogP contribution in [0.15, 0.2) is 24.3 Å². The molecule has 0 fully saturated rings. The van der Waals surface area contributed by atoms with Gasteiger partial charge in [0.1, 0.15) is 0 Å². The van der Waals surface area contributed by atoms with Gasteiger partial charge in [0.25, 0.3) is 0 Å². The van der Waals surface area contributed by atoms with E-state index in [0.29, 0.717) is 5.69 Å². The van der Waals surface area contributed by atoms with Crippen LogP contribution in [0, 0.1) is 0 Å². The number of aliphatic carboxylic acids is 2. The molecule has 0 aliphatic carbocycles. The Hall–Kier alpha value is -2.41. The fraction of sp³-hybridized carbons (Fsp3) is 0.308. The van der Waals surface area contributed by atoms with E-state index in [9.17, 15) is 14.4 Å². The van der Waals surface area contributed by atoms with E-state index in [0.717, 1.165) is 5.56 Å². The van der Waals surface area contributed by atoms with Gasteiger partial charge in [0.2, 0.25) is 5.91 Å². The van der Waals surface area contributed by atoms with Crippen molar-refractivity contribution >= 4 is 23.5 Å². The number of hydrogen-bond acceptors (Lipinski definition) is 4. The molecule has 7 nitrogen and oxygen atoms in total. The number of rotatable bonds is 7. The SMILES string of the molecule is CC(=O)Nc1ccc(CN(CC(=O)O)CC(=O)O)cc1. The number of carboxylic acid groups (broad SMARTS) is 2. The molecule has 0 spiro atoms. The van der Waals surface area contributed by atoms with Gasteiger partial charge in [-0.05, 0) is 17.7 Å². The monoisotopic (exact) mass is 280 g/mol. The van der Waals surface area contributed by atoms with Crippen LogP contribution in [0.2, 0.25) is 0 Å². The highest BCUT2D eigenvalue weighted by atomic mass is 16.4. The topological polar surface area (TPSA) is 107 Å². The Balaban J connectivity index is 2.69. The Kier molecular flexibility index (Phi) is 5.67. The maximum Gasteiger partial charge on any atom is 0.317 e. The van der Waals surface area contributed by atoms with Crippen LogP contribution in [0.5, 0.6) is 0 Å². The summed E-state index contributed by atoms with van der Waals surface area (Å²) in [5.41, 5.74) is 1.39. The maximum atomic E-state index is 10.9. The smallest absolute Gasteiger partial charge is 0.317 e. The van der Waals surface area contributed by atoms with Crippen molar-refractivity contribution in [1.82, 2.24) is 4.90 Å². The van der Waals surface area contributed by atoms with E-state index < -0.39 is 11.9 Å². The summed E-state index contributed by atoms with van der Waals surface area (Å²) in [4.78, 5) is 33.5. The standard InChI is InChI=1S/C13H16N2O5/c1-9(16)14-11-4-2-10(3-5-11)6-15(7-12(17)18)8-13(19)20/h2-5H,6-8H2,1H3,(H,14,16)(H,17,18)(H,19,20). The summed E-state index contributed by atoms with van der Waals surface area (Å²) in [5, 5.41) is 20.1. The van der Waals surface area contributed by atoms with Crippen LogP contribution in [0.3, 0.4) is 0 Å². The average molecular weight is 280 g/mol. The van der Waals surface area contributed by atoms with Gasteiger partial charge < -0.3 is 15.5 Å². The Labute approximate surface area is 115 Å². The van der Waals surface area contributed by atoms with Gasteiger partial charge in [0, 0.05) is 19.2 Å². The summed E-state index contributed by atoms with van der Waals surface area (Å²) in [6.45, 7) is 0.911. The molecule has 0 aliphatic heterocycles. The van der Waals surface area contributed by atoms with Gasteiger partial charge in [-0.2, -0.15) is 0 Å². The van der Waals surface area contributed by atoms with E-state index in [1.54, 1.807) is 24.3 Å². The Morgan fingerprint density at radius 1 is 1.05 bits per heavy atom. The average Bonchev–Trinajstić information content (AvgIpc) is 2.29. The zero-order chi connectivity index (χ0) is 15.1. The van der Waals surface area contributed by atoms with E-state index in [1.165, 1.54) is 11.8 Å². The van der Waals surface area contributed by atoms with Crippen LogP contribution in [0.25, 0.3) is 0 Å². The van der Waals surface area contributed by atoms with Crippen LogP contribution in [-0.4, -0.2) is 46.0 Å². The normalized spacial score (nSPS) is 10.3. The summed E-state index contributed by atoms with van der Waals surface area (Å²) < 4.78 is 0. The van der Waals surface area contributed by atoms with E-state index in [4.69, 9.17) is 10.2 Å². The molecule has 0 bridgehead atoms. The molecule has 0 saturated heterocycles. The van der Waals surface area contributed by atoms with Crippen LogP contribution >= 0.6 is 0 Å². The van der Waals surface area contributed by atoms with Crippen molar-refractivity contribution in [3.8, 4) is 0 Å². The largest absolute Gasteiger partial charge is 0.480 e. The Morgan fingerprint density at radius 2 is 1.55 bits per heavy atom. The molecule has 20 heavy (non-hydrogen) atoms. The molecule has 0 aromatic heterocycles. The summed E-state index contributed by atoms with van der Waals surface area (Å²) >= 11 is 0. The van der Waals surface area contributed by atoms with Crippen molar-refractivity contribution < 1.29 is 24.6 Å². The minimum absolute atomic E-state index is 0.184. The van der Waals surface area contributed by atoms with Crippen molar-refractivity contribution in [2.75, 3.05) is 18.4 Å². The van der Waals surface area contributed by atoms with Crippen molar-refractivity contribution in [1.29, 1.82) is 0 Å². The van der Waals surface area contributed by atoms with Crippen LogP contribution in [-0.2, 0) is 20.9 Å². The van der Waals surface area contributed by atoms with Crippen LogP contribution < -0.4 is 5.32 Å². The molecule has 108 valence electrons. The molecule has 1 aromatic rings. The number of carbonyl (C=O) groups excluding carboxylic acids is 1. The van der Waals surface area contributed by atoms with Gasteiger partial charge in [-0.3, -0.25) is 19.3 Å². The van der Waals surface area contributed by atoms with E-state index in [1.807, 2.05) is 0 Å². The number of carboxylic acids is 2. The second-order valence-corrected chi connectivity index (χ2v) is 4.31. The first kappa shape index (κ1) is 15.6. The van der Waals surface area contributed by atoms with Crippen molar-refractivity contribution in [2.24, 2.45) is 0 Å². The number of amides is 1. The van der Waals surface area contributed by atoms with Crippen molar-refractivity contribution in [2.45, 2.75) is 13.5 Å². The Morgan fingerprint density at radius 3 is 1.95 bits per heavy atom. The molecule has 0 heterocycles. The third kappa shape index (κ3) is 5.96. The number of hydrogen-bond donors (Lipinski definition) is 3. The second kappa shape index (κ2) is 7.25. The highest BCUT2D eigenvalue weighted by molar-refractivity contribution is 5.88. The predicted molar refractivity (Wildman–Crippen MR) is 71.3 cm³/mol. The summed E-state index contributed by atoms with van der Waals surface area (Å²) in [5.74, 6) is -2.35. The predicted octanol–water partition coefficient (Wildman–Crippen LogP) is 0.616. The van der Waals surface area contributed by atoms with Gasteiger partial charge in [0.05, 0.1) is 13.1 Å². The molecule has 1 aromatic carbocycles. The van der Waals surface area contributed by atoms with Gasteiger partial charge in [-0.1, -0.05) is 12.1 Å². The molecular formula is C13H16N2O5. The van der Waals surface area contributed by atoms with Crippen molar-refractivity contribution in [3.63, 3.8) is 0 Å². The van der Waals surface area contributed by atoms with E-state index >= 15 is 0 Å². The third-order valence-electron chi connectivity index (χ3n) is 2.40. The van der Waals surface area contributed by atoms with E-state index in [-0.39, 0.29) is 25.5 Å². The van der Waals surface area contributed by atoms with Gasteiger partial charge >= 0.3 is 11.9 Å². The van der Waals surface area contributed by atoms with Crippen LogP contribution in [0.4, 0.5) is 5.69 Å². The lowest BCUT2D eigenvalue weighted by Gasteiger charge is -2.18. The lowest BCUT2D eigenvalue weighted by Crippen LogP contribution is -2.33. The molecule has 1 rings (SSSR count). The first-order valence-corrected chi connectivity index (χ1v) is 5.89. The highest BCUT2D eigenvalue weighted by Crippen LogP contribution is 2.11. The summed E-state index contributed by atoms with van der Waals surface area (Å²) in [6, 6.07) is 6.77. The Bertz CT molecular complexity index is 482. The lowest BCUT2D eigenvalue weighted by molar-refractivity contribution is -0.142. The molecule has 0 aliphatic rings. The lowest BCUT2D eigenvalue weighted by atomic mass is 10.2. The minimum Gasteiger partial charge on any atom is -0.480 e. The summed E-state index contributed by atoms with van der Waals surface area (Å²) in [7, 11) is 0. The number of nitrogens with one attached hydrogen (secondary N) is 1. The second-order valence-electron chi connectivity index (χ2n) is 4.31. The molecule has 3 N–H and O–H groups in total. The highest BCUT2D eigenvalue weighted by Gasteiger charge is 2.13. The first-order valence-electron chi connectivity index (χ1n) is 5.89. The third-order valence-corrected chi connectivity index (χ3v) is 2.40. The maximum absolute atomic E-state index is 10.9. The minimum atomic E-state index is -1.08. The fourth-order valence-electron chi connectivity index (χ4n) is 1.71. The van der Waals surface area contributed by atoms with Crippen molar-refractivity contribution in [3.05, 3.63) is 29.8 Å². The molecule has 0 saturated carbocycles. The molecular weight excluding hydrogens is 264 g/mol. The molecule has 1 amide bonds. The number of carbonyl (C=O) groups is 3. The summed E-state index contributed by atoms with van der Waals surface area (Å²) in [6.07, 6.45) is 0. The number of nitrogens with zero attached hydrogens (tertiary/aromatic N) is 1. The number of benzene rings is 1. The van der Waals surface area contributed by atoms with E-state index in [2.05, 4.69) is 5.32 Å². The molecule has 0 unspecified atom stereocenters. The zero-order valence-electron chi connectivity index (χ0n) is 11.0. The molecule has 0 radical (unpaired) electrons. The fourth-order valence-corrected chi connectivity index (χ4v) is 1.71. The van der Waals surface area contributed by atoms with Gasteiger partial charge in [0.15, 0.2) is 0 Å². The molecule has 7 heteroatoms. The first-order chi connectivity index (χ1) is 9.36. The van der Waals surface area contributed by atoms with Crippen LogP contribution in [0.1, 0.15) is 12.5 Å².